The summed E-state index contributed by atoms with van der Waals surface area (Å²) in [4.78, 5) is 17.1. The minimum atomic E-state index is -5.02. The van der Waals surface area contributed by atoms with Crippen molar-refractivity contribution < 1.29 is 50.1 Å². The number of hydrogen-bond donors (Lipinski definition) is 2. The number of nitrogens with zero attached hydrogens (tertiary/aromatic N) is 1. The number of carbonyl (C=O) groups excluding carboxylic acids is 1. The number of alkyl halides is 5. The minimum absolute atomic E-state index is 0.0390. The molecule has 1 fully saturated rings. The molecule has 4 atom stereocenters. The molecule has 1 aromatic heterocycles. The van der Waals surface area contributed by atoms with Crippen molar-refractivity contribution in [2.45, 2.75) is 63.7 Å². The Balaban J connectivity index is 2.10. The van der Waals surface area contributed by atoms with Gasteiger partial charge in [-0.2, -0.15) is 26.3 Å². The van der Waals surface area contributed by atoms with Crippen molar-refractivity contribution in [3.8, 4) is 5.75 Å². The number of aromatic nitrogens is 1. The molecule has 36 heavy (non-hydrogen) atoms. The predicted octanol–water partition coefficient (Wildman–Crippen LogP) is 5.27. The number of ether oxygens (including phenoxy) is 2. The minimum Gasteiger partial charge on any atom is -0.431 e. The number of rotatable bonds is 6. The molecule has 2 aromatic rings. The van der Waals surface area contributed by atoms with Gasteiger partial charge in [-0.15, -0.1) is 0 Å². The zero-order chi connectivity index (χ0) is 27.2. The van der Waals surface area contributed by atoms with Crippen LogP contribution >= 0.6 is 0 Å². The van der Waals surface area contributed by atoms with Crippen LogP contribution in [0, 0.1) is 17.6 Å². The van der Waals surface area contributed by atoms with Gasteiger partial charge in [0.25, 0.3) is 5.91 Å². The Morgan fingerprint density at radius 2 is 1.86 bits per heavy atom. The molecule has 198 valence electrons. The second-order valence-corrected chi connectivity index (χ2v) is 9.09. The number of pyridine rings is 1. The highest BCUT2D eigenvalue weighted by molar-refractivity contribution is 5.95. The smallest absolute Gasteiger partial charge is 0.417 e. The zero-order valence-electron chi connectivity index (χ0n) is 19.5. The highest BCUT2D eigenvalue weighted by Gasteiger charge is 2.66. The number of benzene rings is 1. The van der Waals surface area contributed by atoms with Crippen molar-refractivity contribution in [1.82, 2.24) is 4.98 Å². The van der Waals surface area contributed by atoms with Gasteiger partial charge in [-0.25, -0.2) is 4.39 Å². The van der Waals surface area contributed by atoms with Crippen LogP contribution < -0.4 is 10.1 Å². The van der Waals surface area contributed by atoms with E-state index in [1.165, 1.54) is 32.2 Å². The number of nitrogens with one attached hydrogen (secondary N) is 1. The SMILES string of the molecule is C[C@@H]1[C@H](c2ccc(F)c(F)c2OC(F)F)[C@@H](C(=O)Nc2ccnc(C(C)(C)O)c2)O[C@]1(C)C(F)(F)F. The van der Waals surface area contributed by atoms with Gasteiger partial charge in [0.2, 0.25) is 5.82 Å². The second kappa shape index (κ2) is 9.51. The first-order valence-corrected chi connectivity index (χ1v) is 10.6. The van der Waals surface area contributed by atoms with Gasteiger partial charge < -0.3 is 19.9 Å². The van der Waals surface area contributed by atoms with E-state index in [0.29, 0.717) is 13.0 Å². The molecule has 1 amide bonds. The van der Waals surface area contributed by atoms with Crippen molar-refractivity contribution in [1.29, 1.82) is 0 Å². The van der Waals surface area contributed by atoms with Crippen molar-refractivity contribution >= 4 is 11.6 Å². The van der Waals surface area contributed by atoms with Gasteiger partial charge in [-0.05, 0) is 39.0 Å². The van der Waals surface area contributed by atoms with E-state index in [4.69, 9.17) is 4.74 Å². The maximum Gasteiger partial charge on any atom is 0.417 e. The number of amides is 1. The monoisotopic (exact) mass is 524 g/mol. The van der Waals surface area contributed by atoms with E-state index < -0.39 is 70.8 Å². The van der Waals surface area contributed by atoms with Gasteiger partial charge in [0.1, 0.15) is 11.7 Å². The van der Waals surface area contributed by atoms with Crippen LogP contribution in [-0.4, -0.2) is 40.5 Å². The fourth-order valence-corrected chi connectivity index (χ4v) is 4.10. The summed E-state index contributed by atoms with van der Waals surface area (Å²) in [7, 11) is 0. The van der Waals surface area contributed by atoms with E-state index in [-0.39, 0.29) is 11.4 Å². The zero-order valence-corrected chi connectivity index (χ0v) is 19.5. The maximum atomic E-state index is 14.4. The lowest BCUT2D eigenvalue weighted by Gasteiger charge is -2.32. The van der Waals surface area contributed by atoms with E-state index in [2.05, 4.69) is 15.0 Å². The van der Waals surface area contributed by atoms with Crippen LogP contribution in [0.15, 0.2) is 30.5 Å². The Morgan fingerprint density at radius 3 is 2.42 bits per heavy atom. The number of anilines is 1. The summed E-state index contributed by atoms with van der Waals surface area (Å²) in [5, 5.41) is 12.5. The van der Waals surface area contributed by atoms with Gasteiger partial charge in [0, 0.05) is 29.3 Å². The standard InChI is InChI=1S/C23H23F7N2O4/c1-10-15(12-5-6-13(24)16(25)17(12)35-20(26)27)18(36-22(10,4)23(28,29)30)19(33)32-11-7-8-31-14(9-11)21(2,3)34/h5-10,15,18,20,34H,1-4H3,(H,31,32,33)/t10-,15-,18+,22+/m1/s1. The van der Waals surface area contributed by atoms with Crippen LogP contribution in [0.5, 0.6) is 5.75 Å². The molecular formula is C23H23F7N2O4. The molecule has 2 heterocycles. The maximum absolute atomic E-state index is 14.4. The van der Waals surface area contributed by atoms with Gasteiger partial charge >= 0.3 is 12.8 Å². The first-order chi connectivity index (χ1) is 16.5. The summed E-state index contributed by atoms with van der Waals surface area (Å²) >= 11 is 0. The predicted molar refractivity (Wildman–Crippen MR) is 112 cm³/mol. The third-order valence-corrected chi connectivity index (χ3v) is 6.23. The average Bonchev–Trinajstić information content (AvgIpc) is 3.03. The molecular weight excluding hydrogens is 501 g/mol. The fraction of sp³-hybridized carbons (Fsp3) is 0.478. The summed E-state index contributed by atoms with van der Waals surface area (Å²) in [5.74, 6) is -9.15. The van der Waals surface area contributed by atoms with Gasteiger partial charge in [-0.3, -0.25) is 9.78 Å². The van der Waals surface area contributed by atoms with Crippen molar-refractivity contribution in [3.05, 3.63) is 53.4 Å². The van der Waals surface area contributed by atoms with E-state index in [0.717, 1.165) is 13.0 Å². The summed E-state index contributed by atoms with van der Waals surface area (Å²) < 4.78 is 106. The van der Waals surface area contributed by atoms with Crippen molar-refractivity contribution in [2.24, 2.45) is 5.92 Å². The van der Waals surface area contributed by atoms with E-state index >= 15 is 0 Å². The summed E-state index contributed by atoms with van der Waals surface area (Å²) in [6.07, 6.45) is -5.76. The van der Waals surface area contributed by atoms with Crippen LogP contribution in [0.1, 0.15) is 44.9 Å². The molecule has 13 heteroatoms. The molecule has 0 unspecified atom stereocenters. The fourth-order valence-electron chi connectivity index (χ4n) is 4.10. The molecule has 1 aromatic carbocycles. The Morgan fingerprint density at radius 1 is 1.22 bits per heavy atom. The first kappa shape index (κ1) is 27.7. The lowest BCUT2D eigenvalue weighted by molar-refractivity contribution is -0.272. The van der Waals surface area contributed by atoms with Crippen LogP contribution in [0.4, 0.5) is 36.4 Å². The molecule has 0 aliphatic carbocycles. The Bertz CT molecular complexity index is 1140. The molecule has 2 N–H and O–H groups in total. The molecule has 1 aliphatic heterocycles. The van der Waals surface area contributed by atoms with Gasteiger partial charge in [0.15, 0.2) is 17.2 Å². The van der Waals surface area contributed by atoms with Gasteiger partial charge in [0.05, 0.1) is 5.69 Å². The Labute approximate surface area is 201 Å². The van der Waals surface area contributed by atoms with Crippen LogP contribution in [0.2, 0.25) is 0 Å². The quantitative estimate of drug-likeness (QED) is 0.504. The van der Waals surface area contributed by atoms with Crippen LogP contribution in [0.3, 0.4) is 0 Å². The summed E-state index contributed by atoms with van der Waals surface area (Å²) in [6, 6.07) is 3.89. The van der Waals surface area contributed by atoms with E-state index in [9.17, 15) is 40.6 Å². The lowest BCUT2D eigenvalue weighted by Crippen LogP contribution is -2.47. The third-order valence-electron chi connectivity index (χ3n) is 6.23. The lowest BCUT2D eigenvalue weighted by atomic mass is 9.77. The second-order valence-electron chi connectivity index (χ2n) is 9.09. The molecule has 6 nitrogen and oxygen atoms in total. The van der Waals surface area contributed by atoms with Gasteiger partial charge in [-0.1, -0.05) is 13.0 Å². The molecule has 0 saturated carbocycles. The third kappa shape index (κ3) is 5.12. The molecule has 0 spiro atoms. The topological polar surface area (TPSA) is 80.7 Å². The number of carbonyl (C=O) groups is 1. The molecule has 0 radical (unpaired) electrons. The summed E-state index contributed by atoms with van der Waals surface area (Å²) in [5.41, 5.74) is -4.79. The van der Waals surface area contributed by atoms with Crippen LogP contribution in [-0.2, 0) is 15.1 Å². The number of halogens is 7. The number of hydrogen-bond acceptors (Lipinski definition) is 5. The molecule has 0 bridgehead atoms. The molecule has 3 rings (SSSR count). The Hall–Kier alpha value is -2.93. The molecule has 1 saturated heterocycles. The number of aliphatic hydroxyl groups is 1. The average molecular weight is 524 g/mol. The normalized spacial score (nSPS) is 24.8. The highest BCUT2D eigenvalue weighted by atomic mass is 19.4. The largest absolute Gasteiger partial charge is 0.431 e. The highest BCUT2D eigenvalue weighted by Crippen LogP contribution is 2.55. The van der Waals surface area contributed by atoms with E-state index in [1.807, 2.05) is 0 Å². The Kier molecular flexibility index (Phi) is 7.30. The van der Waals surface area contributed by atoms with E-state index in [1.54, 1.807) is 0 Å². The first-order valence-electron chi connectivity index (χ1n) is 10.6. The van der Waals surface area contributed by atoms with Crippen molar-refractivity contribution in [3.63, 3.8) is 0 Å². The van der Waals surface area contributed by atoms with Crippen molar-refractivity contribution in [2.75, 3.05) is 5.32 Å². The molecule has 1 aliphatic rings. The summed E-state index contributed by atoms with van der Waals surface area (Å²) in [6.45, 7) is 0.931. The van der Waals surface area contributed by atoms with Crippen LogP contribution in [0.25, 0.3) is 0 Å².